The topological polar surface area (TPSA) is 84.1 Å². The summed E-state index contributed by atoms with van der Waals surface area (Å²) in [5.41, 5.74) is 3.83. The van der Waals surface area contributed by atoms with Crippen LogP contribution in [-0.2, 0) is 16.1 Å². The second-order valence-electron chi connectivity index (χ2n) is 10.5. The predicted molar refractivity (Wildman–Crippen MR) is 185 cm³/mol. The Kier molecular flexibility index (Phi) is 9.16. The molecule has 1 unspecified atom stereocenters. The number of allylic oxidation sites excluding steroid dienone is 1. The fourth-order valence-electron chi connectivity index (χ4n) is 5.66. The molecule has 0 radical (unpaired) electrons. The van der Waals surface area contributed by atoms with Crippen LogP contribution in [0.2, 0.25) is 10.0 Å². The van der Waals surface area contributed by atoms with Crippen LogP contribution >= 0.6 is 50.5 Å². The van der Waals surface area contributed by atoms with Gasteiger partial charge in [0.2, 0.25) is 0 Å². The van der Waals surface area contributed by atoms with Crippen LogP contribution in [0.1, 0.15) is 36.6 Å². The molecule has 3 heterocycles. The van der Waals surface area contributed by atoms with Gasteiger partial charge in [0.15, 0.2) is 16.3 Å². The Hall–Kier alpha value is -3.83. The molecule has 236 valence electrons. The molecular formula is C34H28BrCl2N3O5S. The normalized spacial score (nSPS) is 14.8. The van der Waals surface area contributed by atoms with Crippen LogP contribution in [0.5, 0.6) is 11.5 Å². The Morgan fingerprint density at radius 2 is 1.83 bits per heavy atom. The summed E-state index contributed by atoms with van der Waals surface area (Å²) < 4.78 is 21.3. The number of rotatable bonds is 8. The van der Waals surface area contributed by atoms with Crippen molar-refractivity contribution in [2.45, 2.75) is 26.4 Å². The smallest absolute Gasteiger partial charge is 0.338 e. The van der Waals surface area contributed by atoms with E-state index in [4.69, 9.17) is 42.4 Å². The molecule has 1 aliphatic rings. The highest BCUT2D eigenvalue weighted by Crippen LogP contribution is 2.41. The van der Waals surface area contributed by atoms with Gasteiger partial charge >= 0.3 is 5.97 Å². The van der Waals surface area contributed by atoms with Crippen LogP contribution in [-0.4, -0.2) is 35.9 Å². The van der Waals surface area contributed by atoms with Gasteiger partial charge in [0, 0.05) is 43.7 Å². The van der Waals surface area contributed by atoms with Gasteiger partial charge in [-0.15, -0.1) is 0 Å². The van der Waals surface area contributed by atoms with E-state index in [0.717, 1.165) is 22.0 Å². The number of esters is 1. The summed E-state index contributed by atoms with van der Waals surface area (Å²) in [7, 11) is 3.08. The molecule has 0 spiro atoms. The second kappa shape index (κ2) is 13.1. The zero-order valence-electron chi connectivity index (χ0n) is 25.3. The lowest BCUT2D eigenvalue weighted by Crippen LogP contribution is -2.40. The van der Waals surface area contributed by atoms with E-state index in [-0.39, 0.29) is 17.7 Å². The summed E-state index contributed by atoms with van der Waals surface area (Å²) in [6, 6.07) is 16.1. The van der Waals surface area contributed by atoms with Gasteiger partial charge < -0.3 is 18.8 Å². The number of carbonyl (C=O) groups excluding carboxylic acids is 1. The summed E-state index contributed by atoms with van der Waals surface area (Å²) in [6.45, 7) is 4.17. The first-order valence-electron chi connectivity index (χ1n) is 14.3. The lowest BCUT2D eigenvalue weighted by Gasteiger charge is -2.26. The number of para-hydroxylation sites is 1. The SMILES string of the molecule is CCOC(=O)C1=C(C)N=c2s/c(=C/c3cn(Cc4ccc(Cl)cc4Cl)c4ccccc34)c(=O)n2C1c1cc(OC)c(OC)cc1Br. The van der Waals surface area contributed by atoms with E-state index in [1.54, 1.807) is 43.7 Å². The van der Waals surface area contributed by atoms with E-state index >= 15 is 0 Å². The molecule has 1 atom stereocenters. The van der Waals surface area contributed by atoms with Crippen LogP contribution in [0.15, 0.2) is 86.3 Å². The predicted octanol–water partition coefficient (Wildman–Crippen LogP) is 6.89. The molecule has 0 saturated heterocycles. The zero-order chi connectivity index (χ0) is 32.7. The fraction of sp³-hybridized carbons (Fsp3) is 0.206. The van der Waals surface area contributed by atoms with Crippen LogP contribution in [0, 0.1) is 0 Å². The quantitative estimate of drug-likeness (QED) is 0.162. The zero-order valence-corrected chi connectivity index (χ0v) is 29.2. The molecule has 12 heteroatoms. The Morgan fingerprint density at radius 1 is 1.09 bits per heavy atom. The number of carbonyl (C=O) groups is 1. The number of nitrogens with zero attached hydrogens (tertiary/aromatic N) is 3. The number of thiazole rings is 1. The standard InChI is InChI=1S/C34H28BrCl2N3O5S/c1-5-45-33(42)30-18(2)38-34-40(31(30)23-14-27(43-3)28(44-4)15-24(23)35)32(41)29(46-34)12-20-17-39(26-9-7-6-8-22(20)26)16-19-10-11-21(36)13-25(19)37/h6-15,17,31H,5,16H2,1-4H3/b29-12+. The number of aromatic nitrogens is 2. The van der Waals surface area contributed by atoms with Crippen molar-refractivity contribution in [1.29, 1.82) is 0 Å². The lowest BCUT2D eigenvalue weighted by atomic mass is 9.95. The molecule has 2 aromatic heterocycles. The third-order valence-electron chi connectivity index (χ3n) is 7.78. The van der Waals surface area contributed by atoms with Gasteiger partial charge in [-0.25, -0.2) is 9.79 Å². The molecular weight excluding hydrogens is 713 g/mol. The molecule has 0 fully saturated rings. The Labute approximate surface area is 286 Å². The van der Waals surface area contributed by atoms with Crippen LogP contribution < -0.4 is 24.4 Å². The van der Waals surface area contributed by atoms with Crippen LogP contribution in [0.4, 0.5) is 0 Å². The molecule has 46 heavy (non-hydrogen) atoms. The summed E-state index contributed by atoms with van der Waals surface area (Å²) in [5.74, 6) is 0.406. The summed E-state index contributed by atoms with van der Waals surface area (Å²) in [4.78, 5) is 32.9. The highest BCUT2D eigenvalue weighted by atomic mass is 79.9. The molecule has 1 aliphatic heterocycles. The monoisotopic (exact) mass is 739 g/mol. The third kappa shape index (κ3) is 5.79. The molecule has 5 aromatic rings. The van der Waals surface area contributed by atoms with Gasteiger partial charge in [-0.3, -0.25) is 9.36 Å². The average Bonchev–Trinajstić information content (AvgIpc) is 3.53. The third-order valence-corrected chi connectivity index (χ3v) is 10.0. The summed E-state index contributed by atoms with van der Waals surface area (Å²) >= 11 is 17.5. The number of methoxy groups -OCH3 is 2. The molecule has 6 rings (SSSR count). The largest absolute Gasteiger partial charge is 0.493 e. The fourth-order valence-corrected chi connectivity index (χ4v) is 7.71. The maximum Gasteiger partial charge on any atom is 0.338 e. The maximum atomic E-state index is 14.3. The van der Waals surface area contributed by atoms with Crippen molar-refractivity contribution >= 4 is 73.4 Å². The highest BCUT2D eigenvalue weighted by Gasteiger charge is 2.35. The lowest BCUT2D eigenvalue weighted by molar-refractivity contribution is -0.139. The Balaban J connectivity index is 1.54. The number of benzene rings is 3. The summed E-state index contributed by atoms with van der Waals surface area (Å²) in [5, 5.41) is 2.12. The highest BCUT2D eigenvalue weighted by molar-refractivity contribution is 9.10. The Morgan fingerprint density at radius 3 is 2.54 bits per heavy atom. The van der Waals surface area contributed by atoms with E-state index in [9.17, 15) is 9.59 Å². The van der Waals surface area contributed by atoms with Crippen molar-refractivity contribution in [2.75, 3.05) is 20.8 Å². The molecule has 0 aliphatic carbocycles. The number of fused-ring (bicyclic) bond motifs is 2. The van der Waals surface area contributed by atoms with E-state index < -0.39 is 12.0 Å². The van der Waals surface area contributed by atoms with Crippen molar-refractivity contribution in [2.24, 2.45) is 4.99 Å². The second-order valence-corrected chi connectivity index (χ2v) is 13.2. The van der Waals surface area contributed by atoms with Gasteiger partial charge in [-0.2, -0.15) is 0 Å². The molecule has 3 aromatic carbocycles. The van der Waals surface area contributed by atoms with Gasteiger partial charge in [-0.05, 0) is 61.4 Å². The maximum absolute atomic E-state index is 14.3. The van der Waals surface area contributed by atoms with Crippen LogP contribution in [0.3, 0.4) is 0 Å². The Bertz CT molecular complexity index is 2240. The van der Waals surface area contributed by atoms with E-state index in [2.05, 4.69) is 20.5 Å². The van der Waals surface area contributed by atoms with Gasteiger partial charge in [0.05, 0.1) is 42.7 Å². The van der Waals surface area contributed by atoms with Gasteiger partial charge in [0.1, 0.15) is 0 Å². The van der Waals surface area contributed by atoms with Crippen molar-refractivity contribution in [3.63, 3.8) is 0 Å². The van der Waals surface area contributed by atoms with E-state index in [0.29, 0.717) is 53.2 Å². The van der Waals surface area contributed by atoms with Crippen molar-refractivity contribution < 1.29 is 19.0 Å². The van der Waals surface area contributed by atoms with E-state index in [1.165, 1.54) is 18.4 Å². The van der Waals surface area contributed by atoms with Crippen molar-refractivity contribution in [3.8, 4) is 11.5 Å². The number of halogens is 3. The van der Waals surface area contributed by atoms with Crippen LogP contribution in [0.25, 0.3) is 17.0 Å². The first-order chi connectivity index (χ1) is 22.1. The first-order valence-corrected chi connectivity index (χ1v) is 16.6. The molecule has 0 saturated carbocycles. The molecule has 0 N–H and O–H groups in total. The molecule has 0 bridgehead atoms. The van der Waals surface area contributed by atoms with Gasteiger partial charge in [0.25, 0.3) is 5.56 Å². The number of ether oxygens (including phenoxy) is 3. The first kappa shape index (κ1) is 32.1. The minimum atomic E-state index is -0.833. The van der Waals surface area contributed by atoms with Crippen molar-refractivity contribution in [3.05, 3.63) is 123 Å². The minimum Gasteiger partial charge on any atom is -0.493 e. The average molecular weight is 741 g/mol. The molecule has 0 amide bonds. The van der Waals surface area contributed by atoms with E-state index in [1.807, 2.05) is 48.7 Å². The number of hydrogen-bond acceptors (Lipinski definition) is 7. The minimum absolute atomic E-state index is 0.172. The summed E-state index contributed by atoms with van der Waals surface area (Å²) in [6.07, 6.45) is 3.88. The van der Waals surface area contributed by atoms with Crippen molar-refractivity contribution in [1.82, 2.24) is 9.13 Å². The number of hydrogen-bond donors (Lipinski definition) is 0. The van der Waals surface area contributed by atoms with Gasteiger partial charge in [-0.1, -0.05) is 74.7 Å². The molecule has 8 nitrogen and oxygen atoms in total.